The average Bonchev–Trinajstić information content (AvgIpc) is 2.35. The van der Waals surface area contributed by atoms with Crippen LogP contribution in [0.15, 0.2) is 27.4 Å². The van der Waals surface area contributed by atoms with E-state index in [4.69, 9.17) is 20.8 Å². The smallest absolute Gasteiger partial charge is 0.336 e. The maximum Gasteiger partial charge on any atom is 0.336 e. The van der Waals surface area contributed by atoms with Crippen LogP contribution in [0.25, 0.3) is 11.0 Å². The molecule has 1 aromatic carbocycles. The monoisotopic (exact) mass is 280 g/mol. The van der Waals surface area contributed by atoms with E-state index in [0.717, 1.165) is 10.9 Å². The van der Waals surface area contributed by atoms with Crippen LogP contribution in [-0.2, 0) is 11.2 Å². The van der Waals surface area contributed by atoms with Crippen molar-refractivity contribution in [1.82, 2.24) is 0 Å². The molecule has 0 radical (unpaired) electrons. The number of carbonyl (C=O) groups is 1. The number of ketones is 1. The van der Waals surface area contributed by atoms with Gasteiger partial charge in [-0.1, -0.05) is 18.5 Å². The molecule has 0 aliphatic heterocycles. The van der Waals surface area contributed by atoms with Crippen LogP contribution in [0.1, 0.15) is 19.4 Å². The van der Waals surface area contributed by atoms with E-state index in [-0.39, 0.29) is 12.4 Å². The van der Waals surface area contributed by atoms with Crippen molar-refractivity contribution in [2.24, 2.45) is 0 Å². The minimum absolute atomic E-state index is 0.0665. The van der Waals surface area contributed by atoms with Crippen molar-refractivity contribution in [3.63, 3.8) is 0 Å². The van der Waals surface area contributed by atoms with Crippen LogP contribution in [-0.4, -0.2) is 12.4 Å². The van der Waals surface area contributed by atoms with Crippen LogP contribution in [0, 0.1) is 0 Å². The lowest BCUT2D eigenvalue weighted by atomic mass is 10.1. The third-order valence-electron chi connectivity index (χ3n) is 2.69. The molecule has 0 aliphatic carbocycles. The maximum atomic E-state index is 11.4. The van der Waals surface area contributed by atoms with E-state index >= 15 is 0 Å². The molecular weight excluding hydrogens is 268 g/mol. The van der Waals surface area contributed by atoms with Crippen molar-refractivity contribution in [1.29, 1.82) is 0 Å². The van der Waals surface area contributed by atoms with E-state index in [1.54, 1.807) is 12.1 Å². The first kappa shape index (κ1) is 13.6. The van der Waals surface area contributed by atoms with Crippen molar-refractivity contribution >= 4 is 28.4 Å². The molecule has 0 saturated carbocycles. The Bertz CT molecular complexity index is 688. The van der Waals surface area contributed by atoms with Gasteiger partial charge in [-0.3, -0.25) is 4.79 Å². The first-order chi connectivity index (χ1) is 9.01. The Morgan fingerprint density at radius 1 is 1.37 bits per heavy atom. The number of rotatable bonds is 4. The zero-order valence-corrected chi connectivity index (χ0v) is 11.4. The zero-order chi connectivity index (χ0) is 14.0. The quantitative estimate of drug-likeness (QED) is 0.808. The van der Waals surface area contributed by atoms with Gasteiger partial charge in [-0.05, 0) is 25.0 Å². The second-order valence-corrected chi connectivity index (χ2v) is 4.62. The molecule has 0 fully saturated rings. The van der Waals surface area contributed by atoms with E-state index in [9.17, 15) is 9.59 Å². The Kier molecular flexibility index (Phi) is 3.90. The number of ether oxygens (including phenoxy) is 1. The predicted molar refractivity (Wildman–Crippen MR) is 73.0 cm³/mol. The Hall–Kier alpha value is -1.81. The van der Waals surface area contributed by atoms with Crippen molar-refractivity contribution in [3.05, 3.63) is 39.2 Å². The summed E-state index contributed by atoms with van der Waals surface area (Å²) in [5.74, 6) is 0.223. The Morgan fingerprint density at radius 2 is 2.11 bits per heavy atom. The van der Waals surface area contributed by atoms with E-state index in [2.05, 4.69) is 0 Å². The van der Waals surface area contributed by atoms with Crippen molar-refractivity contribution in [2.75, 3.05) is 6.61 Å². The summed E-state index contributed by atoms with van der Waals surface area (Å²) < 4.78 is 10.4. The number of Topliss-reactive ketones (excluding diaryl/α,β-unsaturated/α-hetero) is 1. The minimum atomic E-state index is -0.413. The lowest BCUT2D eigenvalue weighted by molar-refractivity contribution is -0.118. The fourth-order valence-electron chi connectivity index (χ4n) is 1.81. The van der Waals surface area contributed by atoms with Crippen LogP contribution in [0.2, 0.25) is 5.02 Å². The molecule has 0 aliphatic rings. The second kappa shape index (κ2) is 5.45. The third-order valence-corrected chi connectivity index (χ3v) is 2.99. The molecule has 2 aromatic rings. The van der Waals surface area contributed by atoms with Crippen molar-refractivity contribution in [3.8, 4) is 5.75 Å². The summed E-state index contributed by atoms with van der Waals surface area (Å²) in [6, 6.07) is 4.68. The van der Waals surface area contributed by atoms with E-state index in [1.165, 1.54) is 13.0 Å². The van der Waals surface area contributed by atoms with Gasteiger partial charge in [-0.25, -0.2) is 4.79 Å². The van der Waals surface area contributed by atoms with Gasteiger partial charge in [0.2, 0.25) is 0 Å². The van der Waals surface area contributed by atoms with Gasteiger partial charge in [0.1, 0.15) is 17.9 Å². The molecule has 4 nitrogen and oxygen atoms in total. The van der Waals surface area contributed by atoms with Gasteiger partial charge in [0.25, 0.3) is 0 Å². The van der Waals surface area contributed by atoms with Gasteiger partial charge in [-0.2, -0.15) is 0 Å². The van der Waals surface area contributed by atoms with Crippen molar-refractivity contribution < 1.29 is 13.9 Å². The maximum absolute atomic E-state index is 11.4. The summed E-state index contributed by atoms with van der Waals surface area (Å²) in [6.45, 7) is 3.30. The number of benzene rings is 1. The SMILES string of the molecule is CCc1cc(=O)oc2cc(OCC(C)=O)c(Cl)cc12. The average molecular weight is 281 g/mol. The number of halogens is 1. The highest BCUT2D eigenvalue weighted by atomic mass is 35.5. The van der Waals surface area contributed by atoms with Crippen LogP contribution < -0.4 is 10.4 Å². The van der Waals surface area contributed by atoms with Crippen LogP contribution in [0.4, 0.5) is 0 Å². The van der Waals surface area contributed by atoms with Gasteiger partial charge in [0.15, 0.2) is 5.78 Å². The number of hydrogen-bond donors (Lipinski definition) is 0. The van der Waals surface area contributed by atoms with Gasteiger partial charge in [-0.15, -0.1) is 0 Å². The standard InChI is InChI=1S/C14H13ClO4/c1-3-9-4-14(17)19-12-6-13(18-7-8(2)16)11(15)5-10(9)12/h4-6H,3,7H2,1-2H3. The largest absolute Gasteiger partial charge is 0.484 e. The zero-order valence-electron chi connectivity index (χ0n) is 10.7. The molecule has 0 amide bonds. The fraction of sp³-hybridized carbons (Fsp3) is 0.286. The fourth-order valence-corrected chi connectivity index (χ4v) is 2.03. The summed E-state index contributed by atoms with van der Waals surface area (Å²) in [4.78, 5) is 22.3. The Morgan fingerprint density at radius 3 is 2.74 bits per heavy atom. The van der Waals surface area contributed by atoms with Gasteiger partial charge in [0.05, 0.1) is 5.02 Å². The second-order valence-electron chi connectivity index (χ2n) is 4.21. The minimum Gasteiger partial charge on any atom is -0.484 e. The molecule has 0 spiro atoms. The lowest BCUT2D eigenvalue weighted by Crippen LogP contribution is -2.07. The molecular formula is C14H13ClO4. The Balaban J connectivity index is 2.55. The third kappa shape index (κ3) is 2.96. The molecule has 0 unspecified atom stereocenters. The van der Waals surface area contributed by atoms with Gasteiger partial charge >= 0.3 is 5.63 Å². The first-order valence-electron chi connectivity index (χ1n) is 5.89. The molecule has 19 heavy (non-hydrogen) atoms. The summed E-state index contributed by atoms with van der Waals surface area (Å²) in [5.41, 5.74) is 0.864. The number of carbonyl (C=O) groups excluding carboxylic acids is 1. The van der Waals surface area contributed by atoms with Gasteiger partial charge in [0, 0.05) is 17.5 Å². The van der Waals surface area contributed by atoms with E-state index < -0.39 is 5.63 Å². The van der Waals surface area contributed by atoms with Crippen molar-refractivity contribution in [2.45, 2.75) is 20.3 Å². The molecule has 0 bridgehead atoms. The van der Waals surface area contributed by atoms with Crippen LogP contribution in [0.5, 0.6) is 5.75 Å². The topological polar surface area (TPSA) is 56.5 Å². The lowest BCUT2D eigenvalue weighted by Gasteiger charge is -2.09. The molecule has 1 heterocycles. The summed E-state index contributed by atoms with van der Waals surface area (Å²) in [5, 5.41) is 1.17. The molecule has 0 saturated heterocycles. The number of aryl methyl sites for hydroxylation is 1. The molecule has 5 heteroatoms. The highest BCUT2D eigenvalue weighted by Crippen LogP contribution is 2.31. The molecule has 2 rings (SSSR count). The normalized spacial score (nSPS) is 10.7. The van der Waals surface area contributed by atoms with E-state index in [1.807, 2.05) is 6.92 Å². The van der Waals surface area contributed by atoms with Gasteiger partial charge < -0.3 is 9.15 Å². The van der Waals surface area contributed by atoms with E-state index in [0.29, 0.717) is 22.8 Å². The highest BCUT2D eigenvalue weighted by Gasteiger charge is 2.10. The summed E-state index contributed by atoms with van der Waals surface area (Å²) in [7, 11) is 0. The summed E-state index contributed by atoms with van der Waals surface area (Å²) in [6.07, 6.45) is 0.700. The van der Waals surface area contributed by atoms with Crippen LogP contribution >= 0.6 is 11.6 Å². The molecule has 100 valence electrons. The number of fused-ring (bicyclic) bond motifs is 1. The first-order valence-corrected chi connectivity index (χ1v) is 6.27. The predicted octanol–water partition coefficient (Wildman–Crippen LogP) is 2.98. The number of hydrogen-bond acceptors (Lipinski definition) is 4. The molecule has 0 atom stereocenters. The summed E-state index contributed by atoms with van der Waals surface area (Å²) >= 11 is 6.10. The molecule has 1 aromatic heterocycles. The highest BCUT2D eigenvalue weighted by molar-refractivity contribution is 6.32. The Labute approximate surface area is 114 Å². The van der Waals surface area contributed by atoms with Crippen LogP contribution in [0.3, 0.4) is 0 Å². The molecule has 0 N–H and O–H groups in total.